The Morgan fingerprint density at radius 2 is 1.90 bits per heavy atom. The van der Waals surface area contributed by atoms with Crippen molar-refractivity contribution < 1.29 is 8.42 Å². The van der Waals surface area contributed by atoms with Gasteiger partial charge in [0.15, 0.2) is 0 Å². The van der Waals surface area contributed by atoms with Crippen LogP contribution in [0.15, 0.2) is 41.8 Å². The molecule has 0 radical (unpaired) electrons. The normalized spacial score (nSPS) is 11.8. The molecule has 1 aromatic carbocycles. The molecule has 0 fully saturated rings. The first kappa shape index (κ1) is 17.9. The van der Waals surface area contributed by atoms with Gasteiger partial charge in [0.2, 0.25) is 10.0 Å². The average Bonchev–Trinajstić information content (AvgIpc) is 2.48. The van der Waals surface area contributed by atoms with Gasteiger partial charge in [-0.25, -0.2) is 8.42 Å². The topological polar surface area (TPSA) is 49.4 Å². The van der Waals surface area contributed by atoms with Crippen LogP contribution in [0.2, 0.25) is 0 Å². The van der Waals surface area contributed by atoms with Crippen LogP contribution >= 0.6 is 0 Å². The highest BCUT2D eigenvalue weighted by molar-refractivity contribution is 7.89. The molecule has 21 heavy (non-hydrogen) atoms. The highest BCUT2D eigenvalue weighted by atomic mass is 32.2. The third-order valence-electron chi connectivity index (χ3n) is 3.21. The minimum atomic E-state index is -3.42. The van der Waals surface area contributed by atoms with Crippen LogP contribution in [-0.2, 0) is 16.4 Å². The summed E-state index contributed by atoms with van der Waals surface area (Å²) in [6.45, 7) is 10.4. The van der Waals surface area contributed by atoms with Crippen molar-refractivity contribution in [2.75, 3.05) is 26.2 Å². The second-order valence-corrected chi connectivity index (χ2v) is 6.84. The summed E-state index contributed by atoms with van der Waals surface area (Å²) in [4.78, 5) is 0.352. The molecular formula is C16H26N2O2S. The van der Waals surface area contributed by atoms with Crippen molar-refractivity contribution in [2.24, 2.45) is 0 Å². The fourth-order valence-corrected chi connectivity index (χ4v) is 3.59. The van der Waals surface area contributed by atoms with Crippen LogP contribution in [0, 0.1) is 0 Å². The van der Waals surface area contributed by atoms with Gasteiger partial charge >= 0.3 is 0 Å². The van der Waals surface area contributed by atoms with Gasteiger partial charge in [-0.05, 0) is 43.6 Å². The highest BCUT2D eigenvalue weighted by Gasteiger charge is 2.22. The zero-order valence-electron chi connectivity index (χ0n) is 13.0. The van der Waals surface area contributed by atoms with Crippen LogP contribution in [0.5, 0.6) is 0 Å². The second-order valence-electron chi connectivity index (χ2n) is 4.90. The van der Waals surface area contributed by atoms with E-state index in [0.29, 0.717) is 18.0 Å². The molecule has 0 unspecified atom stereocenters. The lowest BCUT2D eigenvalue weighted by Gasteiger charge is -2.20. The van der Waals surface area contributed by atoms with E-state index in [2.05, 4.69) is 18.8 Å². The van der Waals surface area contributed by atoms with E-state index in [9.17, 15) is 8.42 Å². The molecule has 0 aromatic heterocycles. The molecule has 0 amide bonds. The Labute approximate surface area is 128 Å². The maximum absolute atomic E-state index is 12.5. The van der Waals surface area contributed by atoms with Gasteiger partial charge < -0.3 is 5.32 Å². The van der Waals surface area contributed by atoms with Crippen molar-refractivity contribution in [3.63, 3.8) is 0 Å². The molecule has 0 heterocycles. The smallest absolute Gasteiger partial charge is 0.243 e. The zero-order chi connectivity index (χ0) is 15.7. The molecule has 4 nitrogen and oxygen atoms in total. The van der Waals surface area contributed by atoms with Crippen molar-refractivity contribution in [3.05, 3.63) is 42.5 Å². The maximum atomic E-state index is 12.5. The lowest BCUT2D eigenvalue weighted by Crippen LogP contribution is -2.32. The fourth-order valence-electron chi connectivity index (χ4n) is 2.09. The molecule has 0 aliphatic heterocycles. The predicted octanol–water partition coefficient (Wildman–Crippen LogP) is 2.43. The maximum Gasteiger partial charge on any atom is 0.243 e. The molecule has 1 aromatic rings. The molecule has 118 valence electrons. The number of sulfonamides is 1. The van der Waals surface area contributed by atoms with Gasteiger partial charge in [0.25, 0.3) is 0 Å². The van der Waals surface area contributed by atoms with Gasteiger partial charge in [-0.3, -0.25) is 0 Å². The van der Waals surface area contributed by atoms with Gasteiger partial charge in [-0.1, -0.05) is 32.1 Å². The van der Waals surface area contributed by atoms with Gasteiger partial charge in [0, 0.05) is 13.1 Å². The third-order valence-corrected chi connectivity index (χ3v) is 5.09. The molecule has 1 N–H and O–H groups in total. The number of nitrogens with one attached hydrogen (secondary N) is 1. The number of benzene rings is 1. The number of hydrogen-bond acceptors (Lipinski definition) is 3. The largest absolute Gasteiger partial charge is 0.317 e. The van der Waals surface area contributed by atoms with Crippen molar-refractivity contribution in [2.45, 2.75) is 31.6 Å². The molecule has 0 aliphatic carbocycles. The number of hydrogen-bond donors (Lipinski definition) is 1. The monoisotopic (exact) mass is 310 g/mol. The average molecular weight is 310 g/mol. The molecule has 0 aliphatic rings. The molecule has 5 heteroatoms. The summed E-state index contributed by atoms with van der Waals surface area (Å²) in [6, 6.07) is 7.18. The number of rotatable bonds is 10. The van der Waals surface area contributed by atoms with E-state index in [1.807, 2.05) is 19.1 Å². The standard InChI is InChI=1S/C16H26N2O2S/c1-4-13-18(14-5-2)21(19,20)16-9-7-15(8-10-16)11-12-17-6-3/h4,7-10,17H,1,5-6,11-14H2,2-3H3. The van der Waals surface area contributed by atoms with Crippen LogP contribution in [-0.4, -0.2) is 38.9 Å². The molecule has 0 saturated carbocycles. The summed E-state index contributed by atoms with van der Waals surface area (Å²) in [7, 11) is -3.42. The highest BCUT2D eigenvalue weighted by Crippen LogP contribution is 2.17. The summed E-state index contributed by atoms with van der Waals surface area (Å²) >= 11 is 0. The van der Waals surface area contributed by atoms with Crippen LogP contribution < -0.4 is 5.32 Å². The first-order valence-corrected chi connectivity index (χ1v) is 8.91. The van der Waals surface area contributed by atoms with E-state index in [4.69, 9.17) is 0 Å². The minimum absolute atomic E-state index is 0.346. The summed E-state index contributed by atoms with van der Waals surface area (Å²) in [5.74, 6) is 0. The van der Waals surface area contributed by atoms with Crippen molar-refractivity contribution in [1.82, 2.24) is 9.62 Å². The Kier molecular flexibility index (Phi) is 7.64. The molecule has 0 atom stereocenters. The van der Waals surface area contributed by atoms with E-state index >= 15 is 0 Å². The van der Waals surface area contributed by atoms with E-state index < -0.39 is 10.0 Å². The van der Waals surface area contributed by atoms with Gasteiger partial charge in [0.05, 0.1) is 4.90 Å². The quantitative estimate of drug-likeness (QED) is 0.533. The third kappa shape index (κ3) is 5.26. The van der Waals surface area contributed by atoms with Gasteiger partial charge in [-0.2, -0.15) is 4.31 Å². The first-order chi connectivity index (χ1) is 10.1. The van der Waals surface area contributed by atoms with Gasteiger partial charge in [0.1, 0.15) is 0 Å². The Morgan fingerprint density at radius 1 is 1.24 bits per heavy atom. The van der Waals surface area contributed by atoms with Gasteiger partial charge in [-0.15, -0.1) is 6.58 Å². The van der Waals surface area contributed by atoms with Crippen molar-refractivity contribution in [1.29, 1.82) is 0 Å². The van der Waals surface area contributed by atoms with E-state index in [1.54, 1.807) is 18.2 Å². The Morgan fingerprint density at radius 3 is 2.43 bits per heavy atom. The summed E-state index contributed by atoms with van der Waals surface area (Å²) in [5.41, 5.74) is 1.14. The molecular weight excluding hydrogens is 284 g/mol. The molecule has 0 saturated heterocycles. The van der Waals surface area contributed by atoms with Crippen LogP contribution in [0.3, 0.4) is 0 Å². The SMILES string of the molecule is C=CCN(CCC)S(=O)(=O)c1ccc(CCNCC)cc1. The first-order valence-electron chi connectivity index (χ1n) is 7.47. The lowest BCUT2D eigenvalue weighted by atomic mass is 10.1. The minimum Gasteiger partial charge on any atom is -0.317 e. The summed E-state index contributed by atoms with van der Waals surface area (Å²) in [5, 5.41) is 3.26. The van der Waals surface area contributed by atoms with E-state index in [0.717, 1.165) is 31.5 Å². The van der Waals surface area contributed by atoms with Crippen LogP contribution in [0.4, 0.5) is 0 Å². The van der Waals surface area contributed by atoms with Crippen LogP contribution in [0.1, 0.15) is 25.8 Å². The van der Waals surface area contributed by atoms with E-state index in [1.165, 1.54) is 4.31 Å². The summed E-state index contributed by atoms with van der Waals surface area (Å²) in [6.07, 6.45) is 3.31. The van der Waals surface area contributed by atoms with Crippen LogP contribution in [0.25, 0.3) is 0 Å². The number of likely N-dealkylation sites (N-methyl/N-ethyl adjacent to an activating group) is 1. The van der Waals surface area contributed by atoms with E-state index in [-0.39, 0.29) is 0 Å². The molecule has 0 spiro atoms. The molecule has 1 rings (SSSR count). The Hall–Kier alpha value is -1.17. The predicted molar refractivity (Wildman–Crippen MR) is 87.9 cm³/mol. The van der Waals surface area contributed by atoms with Crippen molar-refractivity contribution in [3.8, 4) is 0 Å². The summed E-state index contributed by atoms with van der Waals surface area (Å²) < 4.78 is 26.6. The number of nitrogens with zero attached hydrogens (tertiary/aromatic N) is 1. The second kappa shape index (κ2) is 8.97. The fraction of sp³-hybridized carbons (Fsp3) is 0.500. The molecule has 0 bridgehead atoms. The Balaban J connectivity index is 2.85. The van der Waals surface area contributed by atoms with Crippen molar-refractivity contribution >= 4 is 10.0 Å². The zero-order valence-corrected chi connectivity index (χ0v) is 13.8. The Bertz CT molecular complexity index is 524. The lowest BCUT2D eigenvalue weighted by molar-refractivity contribution is 0.441.